The van der Waals surface area contributed by atoms with E-state index in [1.807, 2.05) is 4.57 Å². The molecule has 1 aromatic heterocycles. The van der Waals surface area contributed by atoms with Crippen molar-refractivity contribution in [2.75, 3.05) is 6.61 Å². The highest BCUT2D eigenvalue weighted by atomic mass is 16.6. The Kier molecular flexibility index (Phi) is 4.50. The molecule has 1 N–H and O–H groups in total. The molecule has 0 atom stereocenters. The van der Waals surface area contributed by atoms with Crippen molar-refractivity contribution in [1.29, 1.82) is 0 Å². The van der Waals surface area contributed by atoms with E-state index in [4.69, 9.17) is 9.84 Å². The number of aryl methyl sites for hydroxylation is 1. The number of carboxylic acid groups (broad SMARTS) is 1. The first-order valence-corrected chi connectivity index (χ1v) is 6.19. The van der Waals surface area contributed by atoms with Gasteiger partial charge in [-0.1, -0.05) is 6.07 Å². The van der Waals surface area contributed by atoms with E-state index in [0.717, 1.165) is 0 Å². The number of rotatable bonds is 7. The molecule has 1 heterocycles. The zero-order chi connectivity index (χ0) is 15.2. The lowest BCUT2D eigenvalue weighted by Gasteiger charge is -2.09. The van der Waals surface area contributed by atoms with Crippen LogP contribution in [0.1, 0.15) is 16.8 Å². The van der Waals surface area contributed by atoms with Crippen molar-refractivity contribution >= 4 is 11.7 Å². The highest BCUT2D eigenvalue weighted by molar-refractivity contribution is 5.92. The number of imidazole rings is 1. The Morgan fingerprint density at radius 3 is 2.90 bits per heavy atom. The Labute approximate surface area is 119 Å². The minimum Gasteiger partial charge on any atom is -0.486 e. The number of nitro benzene ring substituents is 1. The molecule has 0 saturated heterocycles. The van der Waals surface area contributed by atoms with Crippen LogP contribution in [-0.2, 0) is 6.54 Å². The second-order valence-corrected chi connectivity index (χ2v) is 4.22. The van der Waals surface area contributed by atoms with Crippen molar-refractivity contribution in [3.63, 3.8) is 0 Å². The van der Waals surface area contributed by atoms with Gasteiger partial charge in [-0.25, -0.2) is 9.78 Å². The third-order valence-corrected chi connectivity index (χ3v) is 2.79. The summed E-state index contributed by atoms with van der Waals surface area (Å²) in [6, 6.07) is 3.82. The summed E-state index contributed by atoms with van der Waals surface area (Å²) in [7, 11) is 0. The molecule has 1 aromatic carbocycles. The summed E-state index contributed by atoms with van der Waals surface area (Å²) >= 11 is 0. The summed E-state index contributed by atoms with van der Waals surface area (Å²) in [5.74, 6) is -1.47. The van der Waals surface area contributed by atoms with Crippen molar-refractivity contribution < 1.29 is 19.6 Å². The third kappa shape index (κ3) is 3.56. The molecular formula is C13H13N3O5. The van der Waals surface area contributed by atoms with E-state index in [-0.39, 0.29) is 23.6 Å². The average molecular weight is 291 g/mol. The second kappa shape index (κ2) is 6.51. The van der Waals surface area contributed by atoms with Crippen LogP contribution in [0.4, 0.5) is 5.69 Å². The van der Waals surface area contributed by atoms with E-state index in [2.05, 4.69) is 4.98 Å². The normalized spacial score (nSPS) is 10.3. The van der Waals surface area contributed by atoms with Crippen LogP contribution in [0.25, 0.3) is 0 Å². The zero-order valence-electron chi connectivity index (χ0n) is 11.0. The van der Waals surface area contributed by atoms with E-state index in [1.54, 1.807) is 18.7 Å². The summed E-state index contributed by atoms with van der Waals surface area (Å²) in [6.45, 7) is 0.798. The molecular weight excluding hydrogens is 278 g/mol. The third-order valence-electron chi connectivity index (χ3n) is 2.79. The Bertz CT molecular complexity index is 607. The molecule has 0 unspecified atom stereocenters. The minimum absolute atomic E-state index is 0.170. The lowest BCUT2D eigenvalue weighted by molar-refractivity contribution is -0.385. The van der Waals surface area contributed by atoms with E-state index in [0.29, 0.717) is 13.0 Å². The maximum atomic E-state index is 11.1. The Morgan fingerprint density at radius 2 is 2.29 bits per heavy atom. The van der Waals surface area contributed by atoms with Gasteiger partial charge in [-0.15, -0.1) is 0 Å². The number of ether oxygens (including phenoxy) is 1. The van der Waals surface area contributed by atoms with Crippen molar-refractivity contribution in [3.8, 4) is 5.75 Å². The number of benzene rings is 1. The Morgan fingerprint density at radius 1 is 1.48 bits per heavy atom. The van der Waals surface area contributed by atoms with Crippen LogP contribution in [0.2, 0.25) is 0 Å². The fourth-order valence-corrected chi connectivity index (χ4v) is 1.83. The molecule has 8 heteroatoms. The lowest BCUT2D eigenvalue weighted by Crippen LogP contribution is -2.08. The van der Waals surface area contributed by atoms with Gasteiger partial charge >= 0.3 is 11.7 Å². The zero-order valence-corrected chi connectivity index (χ0v) is 11.0. The molecule has 0 radical (unpaired) electrons. The van der Waals surface area contributed by atoms with Gasteiger partial charge in [-0.2, -0.15) is 0 Å². The summed E-state index contributed by atoms with van der Waals surface area (Å²) in [5.41, 5.74) is -0.565. The van der Waals surface area contributed by atoms with E-state index >= 15 is 0 Å². The maximum Gasteiger partial charge on any atom is 0.339 e. The SMILES string of the molecule is O=C(O)c1cccc([N+](=O)[O-])c1OCCCn1ccnc1. The van der Waals surface area contributed by atoms with E-state index in [1.165, 1.54) is 18.2 Å². The molecule has 21 heavy (non-hydrogen) atoms. The van der Waals surface area contributed by atoms with Gasteiger partial charge < -0.3 is 14.4 Å². The first-order chi connectivity index (χ1) is 10.1. The highest BCUT2D eigenvalue weighted by Crippen LogP contribution is 2.31. The minimum atomic E-state index is -1.26. The number of hydrogen-bond acceptors (Lipinski definition) is 5. The van der Waals surface area contributed by atoms with Gasteiger partial charge in [-0.3, -0.25) is 10.1 Å². The molecule has 2 rings (SSSR count). The number of carbonyl (C=O) groups is 1. The van der Waals surface area contributed by atoms with Crippen molar-refractivity contribution in [2.45, 2.75) is 13.0 Å². The van der Waals surface area contributed by atoms with Gasteiger partial charge in [0, 0.05) is 25.0 Å². The first kappa shape index (κ1) is 14.5. The first-order valence-electron chi connectivity index (χ1n) is 6.19. The Balaban J connectivity index is 2.06. The molecule has 0 aliphatic heterocycles. The molecule has 110 valence electrons. The highest BCUT2D eigenvalue weighted by Gasteiger charge is 2.22. The molecule has 8 nitrogen and oxygen atoms in total. The maximum absolute atomic E-state index is 11.1. The predicted octanol–water partition coefficient (Wildman–Crippen LogP) is 1.96. The average Bonchev–Trinajstić information content (AvgIpc) is 2.96. The van der Waals surface area contributed by atoms with Crippen molar-refractivity contribution in [2.24, 2.45) is 0 Å². The van der Waals surface area contributed by atoms with Gasteiger partial charge in [0.1, 0.15) is 5.56 Å². The van der Waals surface area contributed by atoms with E-state index in [9.17, 15) is 14.9 Å². The fraction of sp³-hybridized carbons (Fsp3) is 0.231. The van der Waals surface area contributed by atoms with Crippen molar-refractivity contribution in [1.82, 2.24) is 9.55 Å². The second-order valence-electron chi connectivity index (χ2n) is 4.22. The number of para-hydroxylation sites is 1. The van der Waals surface area contributed by atoms with Gasteiger partial charge in [0.05, 0.1) is 17.9 Å². The predicted molar refractivity (Wildman–Crippen MR) is 72.4 cm³/mol. The van der Waals surface area contributed by atoms with Crippen LogP contribution < -0.4 is 4.74 Å². The quantitative estimate of drug-likeness (QED) is 0.474. The number of aromatic nitrogens is 2. The number of nitrogens with zero attached hydrogens (tertiary/aromatic N) is 3. The largest absolute Gasteiger partial charge is 0.486 e. The van der Waals surface area contributed by atoms with Gasteiger partial charge in [0.25, 0.3) is 0 Å². The molecule has 0 amide bonds. The topological polar surface area (TPSA) is 107 Å². The molecule has 0 bridgehead atoms. The van der Waals surface area contributed by atoms with Gasteiger partial charge in [-0.05, 0) is 12.5 Å². The summed E-state index contributed by atoms with van der Waals surface area (Å²) in [4.78, 5) is 25.3. The molecule has 0 aliphatic carbocycles. The van der Waals surface area contributed by atoms with Crippen LogP contribution in [0.3, 0.4) is 0 Å². The molecule has 0 saturated carbocycles. The fourth-order valence-electron chi connectivity index (χ4n) is 1.83. The molecule has 0 aliphatic rings. The van der Waals surface area contributed by atoms with Gasteiger partial charge in [0.2, 0.25) is 5.75 Å². The number of aromatic carboxylic acids is 1. The molecule has 0 spiro atoms. The lowest BCUT2D eigenvalue weighted by atomic mass is 10.1. The number of carboxylic acids is 1. The van der Waals surface area contributed by atoms with E-state index < -0.39 is 10.9 Å². The van der Waals surface area contributed by atoms with Crippen LogP contribution in [0, 0.1) is 10.1 Å². The summed E-state index contributed by atoms with van der Waals surface area (Å²) in [5, 5.41) is 20.0. The molecule has 0 fully saturated rings. The Hall–Kier alpha value is -2.90. The number of hydrogen-bond donors (Lipinski definition) is 1. The number of nitro groups is 1. The summed E-state index contributed by atoms with van der Waals surface area (Å²) < 4.78 is 7.17. The van der Waals surface area contributed by atoms with Crippen LogP contribution in [0.5, 0.6) is 5.75 Å². The molecule has 2 aromatic rings. The van der Waals surface area contributed by atoms with Crippen molar-refractivity contribution in [3.05, 3.63) is 52.6 Å². The smallest absolute Gasteiger partial charge is 0.339 e. The monoisotopic (exact) mass is 291 g/mol. The van der Waals surface area contributed by atoms with Crippen LogP contribution >= 0.6 is 0 Å². The van der Waals surface area contributed by atoms with Crippen LogP contribution in [0.15, 0.2) is 36.9 Å². The van der Waals surface area contributed by atoms with Gasteiger partial charge in [0.15, 0.2) is 0 Å². The van der Waals surface area contributed by atoms with Crippen LogP contribution in [-0.4, -0.2) is 32.2 Å². The standard InChI is InChI=1S/C13H13N3O5/c17-13(18)10-3-1-4-11(16(19)20)12(10)21-8-2-6-15-7-5-14-9-15/h1,3-5,7,9H,2,6,8H2,(H,17,18). The summed E-state index contributed by atoms with van der Waals surface area (Å²) in [6.07, 6.45) is 5.65.